The first kappa shape index (κ1) is 9.21. The summed E-state index contributed by atoms with van der Waals surface area (Å²) >= 11 is 0. The molecular formula is C11H13NO2. The van der Waals surface area contributed by atoms with Crippen molar-refractivity contribution in [1.82, 2.24) is 5.32 Å². The molecule has 0 amide bonds. The lowest BCUT2D eigenvalue weighted by atomic mass is 10.1. The molecule has 0 aliphatic carbocycles. The number of fused-ring (bicyclic) bond motifs is 1. The standard InChI is InChI=1S/C11H13NO2/c1-8(13)9-2-3-11-10(6-9)7-12-4-5-14-11/h2-3,6,12H,4-5,7H2,1H3. The van der Waals surface area contributed by atoms with Crippen LogP contribution in [-0.4, -0.2) is 18.9 Å². The second-order valence-electron chi connectivity index (χ2n) is 3.40. The number of hydrogen-bond acceptors (Lipinski definition) is 3. The van der Waals surface area contributed by atoms with Crippen molar-refractivity contribution in [2.45, 2.75) is 13.5 Å². The van der Waals surface area contributed by atoms with E-state index < -0.39 is 0 Å². The van der Waals surface area contributed by atoms with Crippen LogP contribution in [0.3, 0.4) is 0 Å². The van der Waals surface area contributed by atoms with Crippen LogP contribution in [0.4, 0.5) is 0 Å². The van der Waals surface area contributed by atoms with Gasteiger partial charge in [0.2, 0.25) is 0 Å². The molecule has 1 aliphatic heterocycles. The van der Waals surface area contributed by atoms with Gasteiger partial charge < -0.3 is 10.1 Å². The smallest absolute Gasteiger partial charge is 0.159 e. The normalized spacial score (nSPS) is 15.2. The summed E-state index contributed by atoms with van der Waals surface area (Å²) in [6.45, 7) is 3.89. The number of Topliss-reactive ketones (excluding diaryl/α,β-unsaturated/α-hetero) is 1. The molecule has 0 unspecified atom stereocenters. The molecule has 0 spiro atoms. The Morgan fingerprint density at radius 2 is 2.36 bits per heavy atom. The molecule has 1 aromatic carbocycles. The average molecular weight is 191 g/mol. The minimum Gasteiger partial charge on any atom is -0.492 e. The maximum atomic E-state index is 11.2. The summed E-state index contributed by atoms with van der Waals surface area (Å²) in [6.07, 6.45) is 0. The molecule has 0 aromatic heterocycles. The van der Waals surface area contributed by atoms with E-state index in [9.17, 15) is 4.79 Å². The Labute approximate surface area is 83.1 Å². The highest BCUT2D eigenvalue weighted by Crippen LogP contribution is 2.21. The van der Waals surface area contributed by atoms with E-state index in [2.05, 4.69) is 5.32 Å². The van der Waals surface area contributed by atoms with Gasteiger partial charge in [-0.2, -0.15) is 0 Å². The summed E-state index contributed by atoms with van der Waals surface area (Å²) in [6, 6.07) is 5.58. The Morgan fingerprint density at radius 1 is 1.50 bits per heavy atom. The molecule has 0 saturated heterocycles. The van der Waals surface area contributed by atoms with E-state index in [-0.39, 0.29) is 5.78 Å². The lowest BCUT2D eigenvalue weighted by molar-refractivity contribution is 0.101. The van der Waals surface area contributed by atoms with Gasteiger partial charge in [0.1, 0.15) is 12.4 Å². The molecule has 1 heterocycles. The first-order valence-electron chi connectivity index (χ1n) is 4.75. The highest BCUT2D eigenvalue weighted by Gasteiger charge is 2.10. The minimum atomic E-state index is 0.0945. The number of rotatable bonds is 1. The van der Waals surface area contributed by atoms with Crippen molar-refractivity contribution < 1.29 is 9.53 Å². The van der Waals surface area contributed by atoms with Gasteiger partial charge >= 0.3 is 0 Å². The molecule has 0 fully saturated rings. The van der Waals surface area contributed by atoms with Gasteiger partial charge in [-0.25, -0.2) is 0 Å². The molecule has 0 atom stereocenters. The minimum absolute atomic E-state index is 0.0945. The van der Waals surface area contributed by atoms with Crippen molar-refractivity contribution in [2.75, 3.05) is 13.2 Å². The van der Waals surface area contributed by atoms with Gasteiger partial charge in [0, 0.05) is 24.2 Å². The van der Waals surface area contributed by atoms with Crippen molar-refractivity contribution in [3.8, 4) is 5.75 Å². The number of ketones is 1. The molecule has 1 N–H and O–H groups in total. The van der Waals surface area contributed by atoms with E-state index in [1.807, 2.05) is 18.2 Å². The predicted octanol–water partition coefficient (Wildman–Crippen LogP) is 1.37. The molecule has 0 saturated carbocycles. The van der Waals surface area contributed by atoms with Crippen molar-refractivity contribution in [3.05, 3.63) is 29.3 Å². The highest BCUT2D eigenvalue weighted by molar-refractivity contribution is 5.94. The second-order valence-corrected chi connectivity index (χ2v) is 3.40. The third-order valence-electron chi connectivity index (χ3n) is 2.32. The SMILES string of the molecule is CC(=O)c1ccc2c(c1)CNCCO2. The van der Waals surface area contributed by atoms with Crippen LogP contribution in [0.5, 0.6) is 5.75 Å². The van der Waals surface area contributed by atoms with Gasteiger partial charge in [0.25, 0.3) is 0 Å². The Balaban J connectivity index is 2.37. The quantitative estimate of drug-likeness (QED) is 0.681. The van der Waals surface area contributed by atoms with Crippen LogP contribution < -0.4 is 10.1 Å². The summed E-state index contributed by atoms with van der Waals surface area (Å²) in [5, 5.41) is 3.23. The number of carbonyl (C=O) groups is 1. The Bertz CT molecular complexity index is 360. The average Bonchev–Trinajstić information content (AvgIpc) is 2.41. The van der Waals surface area contributed by atoms with E-state index in [4.69, 9.17) is 4.74 Å². The fourth-order valence-corrected chi connectivity index (χ4v) is 1.53. The molecule has 3 nitrogen and oxygen atoms in total. The monoisotopic (exact) mass is 191 g/mol. The van der Waals surface area contributed by atoms with Gasteiger partial charge in [-0.15, -0.1) is 0 Å². The fourth-order valence-electron chi connectivity index (χ4n) is 1.53. The summed E-state index contributed by atoms with van der Waals surface area (Å²) in [7, 11) is 0. The van der Waals surface area contributed by atoms with Crippen molar-refractivity contribution in [1.29, 1.82) is 0 Å². The van der Waals surface area contributed by atoms with Gasteiger partial charge in [0.15, 0.2) is 5.78 Å². The lowest BCUT2D eigenvalue weighted by Gasteiger charge is -2.06. The van der Waals surface area contributed by atoms with Gasteiger partial charge in [-0.1, -0.05) is 0 Å². The maximum absolute atomic E-state index is 11.2. The summed E-state index contributed by atoms with van der Waals surface area (Å²) in [4.78, 5) is 11.2. The van der Waals surface area contributed by atoms with Gasteiger partial charge in [-0.3, -0.25) is 4.79 Å². The van der Waals surface area contributed by atoms with Crippen molar-refractivity contribution in [3.63, 3.8) is 0 Å². The van der Waals surface area contributed by atoms with Crippen molar-refractivity contribution >= 4 is 5.78 Å². The lowest BCUT2D eigenvalue weighted by Crippen LogP contribution is -2.16. The molecular weight excluding hydrogens is 178 g/mol. The first-order valence-corrected chi connectivity index (χ1v) is 4.75. The van der Waals surface area contributed by atoms with Crippen LogP contribution in [-0.2, 0) is 6.54 Å². The van der Waals surface area contributed by atoms with Gasteiger partial charge in [0.05, 0.1) is 0 Å². The Kier molecular flexibility index (Phi) is 2.50. The molecule has 2 rings (SSSR count). The Hall–Kier alpha value is -1.35. The third-order valence-corrected chi connectivity index (χ3v) is 2.32. The largest absolute Gasteiger partial charge is 0.492 e. The van der Waals surface area contributed by atoms with E-state index in [1.54, 1.807) is 6.92 Å². The molecule has 0 bridgehead atoms. The van der Waals surface area contributed by atoms with Crippen LogP contribution in [0.15, 0.2) is 18.2 Å². The number of hydrogen-bond donors (Lipinski definition) is 1. The second kappa shape index (κ2) is 3.80. The van der Waals surface area contributed by atoms with E-state index in [0.29, 0.717) is 6.61 Å². The number of nitrogens with one attached hydrogen (secondary N) is 1. The third kappa shape index (κ3) is 1.77. The molecule has 14 heavy (non-hydrogen) atoms. The van der Waals surface area contributed by atoms with E-state index >= 15 is 0 Å². The molecule has 1 aliphatic rings. The van der Waals surface area contributed by atoms with Crippen LogP contribution in [0.1, 0.15) is 22.8 Å². The molecule has 1 aromatic rings. The molecule has 3 heteroatoms. The predicted molar refractivity (Wildman–Crippen MR) is 53.6 cm³/mol. The molecule has 74 valence electrons. The number of ether oxygens (including phenoxy) is 1. The number of carbonyl (C=O) groups excluding carboxylic acids is 1. The van der Waals surface area contributed by atoms with Crippen LogP contribution in [0, 0.1) is 0 Å². The summed E-state index contributed by atoms with van der Waals surface area (Å²) < 4.78 is 5.51. The fraction of sp³-hybridized carbons (Fsp3) is 0.364. The zero-order chi connectivity index (χ0) is 9.97. The van der Waals surface area contributed by atoms with Crippen molar-refractivity contribution in [2.24, 2.45) is 0 Å². The zero-order valence-corrected chi connectivity index (χ0v) is 8.17. The first-order chi connectivity index (χ1) is 6.77. The molecule has 0 radical (unpaired) electrons. The van der Waals surface area contributed by atoms with Crippen LogP contribution in [0.2, 0.25) is 0 Å². The summed E-state index contributed by atoms with van der Waals surface area (Å²) in [5.74, 6) is 0.983. The number of benzene rings is 1. The van der Waals surface area contributed by atoms with Gasteiger partial charge in [-0.05, 0) is 25.1 Å². The van der Waals surface area contributed by atoms with E-state index in [1.165, 1.54) is 0 Å². The highest BCUT2D eigenvalue weighted by atomic mass is 16.5. The topological polar surface area (TPSA) is 38.3 Å². The Morgan fingerprint density at radius 3 is 3.14 bits per heavy atom. The maximum Gasteiger partial charge on any atom is 0.159 e. The van der Waals surface area contributed by atoms with Crippen LogP contribution in [0.25, 0.3) is 0 Å². The van der Waals surface area contributed by atoms with Crippen LogP contribution >= 0.6 is 0 Å². The summed E-state index contributed by atoms with van der Waals surface area (Å²) in [5.41, 5.74) is 1.81. The zero-order valence-electron chi connectivity index (χ0n) is 8.17. The van der Waals surface area contributed by atoms with E-state index in [0.717, 1.165) is 30.0 Å².